The van der Waals surface area contributed by atoms with Crippen molar-refractivity contribution in [1.82, 2.24) is 9.97 Å². The number of thioether (sulfide) groups is 1. The molecule has 0 saturated heterocycles. The van der Waals surface area contributed by atoms with Gasteiger partial charge in [0.25, 0.3) is 0 Å². The van der Waals surface area contributed by atoms with Crippen molar-refractivity contribution < 1.29 is 5.11 Å². The van der Waals surface area contributed by atoms with Crippen molar-refractivity contribution in [2.45, 2.75) is 29.8 Å². The first kappa shape index (κ1) is 18.2. The molecule has 0 spiro atoms. The van der Waals surface area contributed by atoms with E-state index in [1.807, 2.05) is 60.7 Å². The van der Waals surface area contributed by atoms with Gasteiger partial charge in [-0.05, 0) is 42.7 Å². The molecule has 0 amide bonds. The first-order valence-electron chi connectivity index (χ1n) is 9.61. The van der Waals surface area contributed by atoms with Gasteiger partial charge in [0.15, 0.2) is 11.5 Å². The molecule has 0 radical (unpaired) electrons. The number of aromatic nitrogens is 2. The fraction of sp³-hybridized carbons (Fsp3) is 0.167. The fourth-order valence-corrected chi connectivity index (χ4v) is 5.00. The molecule has 144 valence electrons. The van der Waals surface area contributed by atoms with Crippen LogP contribution in [0.3, 0.4) is 0 Å². The summed E-state index contributed by atoms with van der Waals surface area (Å²) >= 11 is 1.55. The highest BCUT2D eigenvalue weighted by Crippen LogP contribution is 2.53. The predicted octanol–water partition coefficient (Wildman–Crippen LogP) is 5.35. The number of rotatable bonds is 2. The van der Waals surface area contributed by atoms with Crippen LogP contribution in [0.25, 0.3) is 11.0 Å². The standard InChI is InChI=1S/C24H21N3OS/c1-15-13-19-20(14-16(15)2)26-23-22(25-19)27-24(28,18-11-7-4-8-12-18)21(29-23)17-9-5-3-6-10-17/h3-14,21,28H,1-2H3,(H,25,27). The third-order valence-electron chi connectivity index (χ3n) is 5.48. The summed E-state index contributed by atoms with van der Waals surface area (Å²) in [6.45, 7) is 4.16. The Balaban J connectivity index is 1.70. The Hall–Kier alpha value is -2.89. The van der Waals surface area contributed by atoms with Crippen LogP contribution in [0, 0.1) is 13.8 Å². The molecule has 2 atom stereocenters. The average Bonchev–Trinajstić information content (AvgIpc) is 2.74. The normalized spacial score (nSPS) is 20.9. The summed E-state index contributed by atoms with van der Waals surface area (Å²) in [6, 6.07) is 23.9. The third-order valence-corrected chi connectivity index (χ3v) is 6.84. The minimum Gasteiger partial charge on any atom is -0.366 e. The van der Waals surface area contributed by atoms with Crippen LogP contribution < -0.4 is 5.32 Å². The Kier molecular flexibility index (Phi) is 4.30. The zero-order valence-electron chi connectivity index (χ0n) is 16.3. The van der Waals surface area contributed by atoms with E-state index in [9.17, 15) is 5.11 Å². The molecule has 4 aromatic rings. The monoisotopic (exact) mass is 399 g/mol. The fourth-order valence-electron chi connectivity index (χ4n) is 3.75. The number of fused-ring (bicyclic) bond motifs is 2. The first-order chi connectivity index (χ1) is 14.0. The van der Waals surface area contributed by atoms with Crippen molar-refractivity contribution in [1.29, 1.82) is 0 Å². The number of anilines is 1. The van der Waals surface area contributed by atoms with Gasteiger partial charge in [0, 0.05) is 5.56 Å². The molecule has 0 aliphatic carbocycles. The van der Waals surface area contributed by atoms with Gasteiger partial charge in [0.2, 0.25) is 0 Å². The Morgan fingerprint density at radius 3 is 2.10 bits per heavy atom. The topological polar surface area (TPSA) is 58.0 Å². The number of aryl methyl sites for hydroxylation is 2. The van der Waals surface area contributed by atoms with Gasteiger partial charge in [-0.1, -0.05) is 72.4 Å². The molecule has 1 aliphatic heterocycles. The maximum atomic E-state index is 11.9. The highest BCUT2D eigenvalue weighted by molar-refractivity contribution is 7.99. The zero-order chi connectivity index (χ0) is 20.0. The minimum absolute atomic E-state index is 0.267. The summed E-state index contributed by atoms with van der Waals surface area (Å²) < 4.78 is 0. The summed E-state index contributed by atoms with van der Waals surface area (Å²) in [5, 5.41) is 15.7. The van der Waals surface area contributed by atoms with Crippen molar-refractivity contribution in [2.24, 2.45) is 0 Å². The Morgan fingerprint density at radius 2 is 1.45 bits per heavy atom. The van der Waals surface area contributed by atoms with Gasteiger partial charge < -0.3 is 10.4 Å². The van der Waals surface area contributed by atoms with Crippen LogP contribution in [0.4, 0.5) is 5.82 Å². The van der Waals surface area contributed by atoms with Crippen LogP contribution in [0.5, 0.6) is 0 Å². The predicted molar refractivity (Wildman–Crippen MR) is 118 cm³/mol. The molecule has 29 heavy (non-hydrogen) atoms. The van der Waals surface area contributed by atoms with Crippen LogP contribution in [0.1, 0.15) is 27.5 Å². The molecule has 3 aromatic carbocycles. The smallest absolute Gasteiger partial charge is 0.179 e. The van der Waals surface area contributed by atoms with E-state index in [0.29, 0.717) is 5.82 Å². The van der Waals surface area contributed by atoms with Gasteiger partial charge in [-0.25, -0.2) is 9.97 Å². The van der Waals surface area contributed by atoms with Crippen molar-refractivity contribution in [3.05, 3.63) is 95.1 Å². The van der Waals surface area contributed by atoms with Gasteiger partial charge >= 0.3 is 0 Å². The Bertz CT molecular complexity index is 1200. The van der Waals surface area contributed by atoms with Gasteiger partial charge in [-0.2, -0.15) is 0 Å². The van der Waals surface area contributed by atoms with E-state index in [1.165, 1.54) is 11.1 Å². The van der Waals surface area contributed by atoms with Crippen molar-refractivity contribution >= 4 is 28.6 Å². The van der Waals surface area contributed by atoms with Crippen LogP contribution in [0.15, 0.2) is 77.8 Å². The maximum absolute atomic E-state index is 11.9. The van der Waals surface area contributed by atoms with Crippen LogP contribution in [-0.2, 0) is 5.72 Å². The summed E-state index contributed by atoms with van der Waals surface area (Å²) in [7, 11) is 0. The van der Waals surface area contributed by atoms with Gasteiger partial charge in [-0.15, -0.1) is 0 Å². The van der Waals surface area contributed by atoms with Crippen molar-refractivity contribution in [3.63, 3.8) is 0 Å². The SMILES string of the molecule is Cc1cc2nc3c(nc2cc1C)SC(c1ccccc1)C(O)(c1ccccc1)N3. The number of hydrogen-bond acceptors (Lipinski definition) is 5. The largest absolute Gasteiger partial charge is 0.366 e. The molecule has 2 heterocycles. The number of hydrogen-bond donors (Lipinski definition) is 2. The average molecular weight is 400 g/mol. The molecule has 2 N–H and O–H groups in total. The van der Waals surface area contributed by atoms with E-state index >= 15 is 0 Å². The summed E-state index contributed by atoms with van der Waals surface area (Å²) in [6.07, 6.45) is 0. The molecular weight excluding hydrogens is 378 g/mol. The molecule has 2 unspecified atom stereocenters. The molecular formula is C24H21N3OS. The van der Waals surface area contributed by atoms with Gasteiger partial charge in [0.05, 0.1) is 16.3 Å². The summed E-state index contributed by atoms with van der Waals surface area (Å²) in [4.78, 5) is 9.69. The molecule has 5 heteroatoms. The van der Waals surface area contributed by atoms with Crippen LogP contribution >= 0.6 is 11.8 Å². The number of nitrogens with one attached hydrogen (secondary N) is 1. The molecule has 0 bridgehead atoms. The van der Waals surface area contributed by atoms with Gasteiger partial charge in [-0.3, -0.25) is 0 Å². The zero-order valence-corrected chi connectivity index (χ0v) is 17.1. The number of nitrogens with zero attached hydrogens (tertiary/aromatic N) is 2. The molecule has 0 saturated carbocycles. The lowest BCUT2D eigenvalue weighted by atomic mass is 9.94. The minimum atomic E-state index is -1.30. The summed E-state index contributed by atoms with van der Waals surface area (Å²) in [5.74, 6) is 0.615. The first-order valence-corrected chi connectivity index (χ1v) is 10.5. The summed E-state index contributed by atoms with van der Waals surface area (Å²) in [5.41, 5.74) is 4.60. The van der Waals surface area contributed by atoms with Crippen molar-refractivity contribution in [3.8, 4) is 0 Å². The molecule has 1 aliphatic rings. The lowest BCUT2D eigenvalue weighted by molar-refractivity contribution is 0.0619. The molecule has 4 nitrogen and oxygen atoms in total. The second kappa shape index (κ2) is 6.87. The molecule has 1 aromatic heterocycles. The number of aliphatic hydroxyl groups is 1. The second-order valence-corrected chi connectivity index (χ2v) is 8.56. The second-order valence-electron chi connectivity index (χ2n) is 7.47. The quantitative estimate of drug-likeness (QED) is 0.476. The lowest BCUT2D eigenvalue weighted by Crippen LogP contribution is -2.43. The highest BCUT2D eigenvalue weighted by Gasteiger charge is 2.45. The van der Waals surface area contributed by atoms with E-state index in [4.69, 9.17) is 9.97 Å². The maximum Gasteiger partial charge on any atom is 0.179 e. The number of benzene rings is 3. The van der Waals surface area contributed by atoms with Crippen LogP contribution in [-0.4, -0.2) is 15.1 Å². The molecule has 0 fully saturated rings. The highest BCUT2D eigenvalue weighted by atomic mass is 32.2. The third kappa shape index (κ3) is 3.07. The van der Waals surface area contributed by atoms with E-state index in [-0.39, 0.29) is 5.25 Å². The Morgan fingerprint density at radius 1 is 0.862 bits per heavy atom. The van der Waals surface area contributed by atoms with Gasteiger partial charge in [0.1, 0.15) is 5.03 Å². The van der Waals surface area contributed by atoms with E-state index in [2.05, 4.69) is 31.3 Å². The van der Waals surface area contributed by atoms with E-state index < -0.39 is 5.72 Å². The lowest BCUT2D eigenvalue weighted by Gasteiger charge is -2.41. The van der Waals surface area contributed by atoms with Crippen molar-refractivity contribution in [2.75, 3.05) is 5.32 Å². The van der Waals surface area contributed by atoms with E-state index in [1.54, 1.807) is 11.8 Å². The van der Waals surface area contributed by atoms with E-state index in [0.717, 1.165) is 27.2 Å². The molecule has 5 rings (SSSR count). The van der Waals surface area contributed by atoms with Crippen LogP contribution in [0.2, 0.25) is 0 Å². The Labute approximate surface area is 174 Å².